The molecule has 5 rings (SSSR count). The Balaban J connectivity index is 1.26. The van der Waals surface area contributed by atoms with Crippen LogP contribution in [-0.4, -0.2) is 54.7 Å². The zero-order chi connectivity index (χ0) is 26.0. The van der Waals surface area contributed by atoms with Crippen molar-refractivity contribution < 1.29 is 27.8 Å². The van der Waals surface area contributed by atoms with Gasteiger partial charge in [0.15, 0.2) is 0 Å². The van der Waals surface area contributed by atoms with E-state index in [0.717, 1.165) is 25.7 Å². The Bertz CT molecular complexity index is 1170. The van der Waals surface area contributed by atoms with E-state index < -0.39 is 23.1 Å². The van der Waals surface area contributed by atoms with Gasteiger partial charge in [-0.2, -0.15) is 0 Å². The largest absolute Gasteiger partial charge is 0.493 e. The number of hydrogen-bond acceptors (Lipinski definition) is 4. The Morgan fingerprint density at radius 2 is 1.95 bits per heavy atom. The lowest BCUT2D eigenvalue weighted by Gasteiger charge is -2.49. The number of rotatable bonds is 7. The summed E-state index contributed by atoms with van der Waals surface area (Å²) in [4.78, 5) is 27.8. The maximum absolute atomic E-state index is 14.9. The number of halogens is 3. The molecule has 1 heterocycles. The highest BCUT2D eigenvalue weighted by Crippen LogP contribution is 2.36. The first-order valence-electron chi connectivity index (χ1n) is 12.9. The summed E-state index contributed by atoms with van der Waals surface area (Å²) < 4.78 is 41.6. The van der Waals surface area contributed by atoms with Crippen LogP contribution < -0.4 is 10.1 Å². The van der Waals surface area contributed by atoms with Gasteiger partial charge in [0.05, 0.1) is 37.8 Å². The fourth-order valence-corrected chi connectivity index (χ4v) is 5.60. The van der Waals surface area contributed by atoms with Crippen molar-refractivity contribution in [2.45, 2.75) is 56.6 Å². The van der Waals surface area contributed by atoms with Gasteiger partial charge in [-0.3, -0.25) is 9.59 Å². The molecule has 1 spiro atoms. The molecular weight excluding hydrogens is 546 g/mol. The van der Waals surface area contributed by atoms with Gasteiger partial charge in [-0.05, 0) is 61.4 Å². The van der Waals surface area contributed by atoms with E-state index in [1.165, 1.54) is 18.2 Å². The van der Waals surface area contributed by atoms with Crippen molar-refractivity contribution in [1.82, 2.24) is 10.2 Å². The van der Waals surface area contributed by atoms with Crippen LogP contribution >= 0.6 is 15.9 Å². The SMILES string of the molecule is O=C(Cc1ccc(Br)cc1F)N[C@H]1CCCC[C@@]12CN(C(=O)c1ccc(OCC3CC3)cc1F)CCO2. The van der Waals surface area contributed by atoms with Crippen LogP contribution in [-0.2, 0) is 16.0 Å². The van der Waals surface area contributed by atoms with Crippen molar-refractivity contribution in [3.05, 3.63) is 63.6 Å². The standard InChI is InChI=1S/C28H31BrF2N2O4/c29-20-7-6-19(23(30)14-20)13-26(34)32-25-3-1-2-10-28(25)17-33(11-12-37-28)27(35)22-9-8-21(15-24(22)31)36-16-18-4-5-18/h6-9,14-15,18,25H,1-5,10-13,16-17H2,(H,32,34)/t25-,28+/m0/s1. The maximum Gasteiger partial charge on any atom is 0.257 e. The Hall–Kier alpha value is -2.52. The quantitative estimate of drug-likeness (QED) is 0.502. The Kier molecular flexibility index (Phi) is 7.81. The zero-order valence-electron chi connectivity index (χ0n) is 20.6. The van der Waals surface area contributed by atoms with Crippen molar-refractivity contribution in [3.63, 3.8) is 0 Å². The molecule has 0 radical (unpaired) electrons. The van der Waals surface area contributed by atoms with Gasteiger partial charge in [0, 0.05) is 17.1 Å². The molecule has 0 bridgehead atoms. The van der Waals surface area contributed by atoms with Crippen molar-refractivity contribution in [2.24, 2.45) is 5.92 Å². The third-order valence-corrected chi connectivity index (χ3v) is 8.02. The molecule has 1 aliphatic heterocycles. The molecule has 3 fully saturated rings. The van der Waals surface area contributed by atoms with E-state index in [1.807, 2.05) is 0 Å². The molecule has 2 amide bonds. The highest BCUT2D eigenvalue weighted by molar-refractivity contribution is 9.10. The van der Waals surface area contributed by atoms with Gasteiger partial charge in [-0.15, -0.1) is 0 Å². The molecule has 0 unspecified atom stereocenters. The van der Waals surface area contributed by atoms with Crippen LogP contribution in [0.4, 0.5) is 8.78 Å². The fourth-order valence-electron chi connectivity index (χ4n) is 5.27. The normalized spacial score (nSPS) is 23.6. The number of carbonyl (C=O) groups is 2. The molecule has 2 saturated carbocycles. The van der Waals surface area contributed by atoms with Gasteiger partial charge in [-0.1, -0.05) is 34.8 Å². The molecule has 3 aliphatic rings. The van der Waals surface area contributed by atoms with E-state index in [0.29, 0.717) is 54.3 Å². The van der Waals surface area contributed by atoms with Gasteiger partial charge in [0.25, 0.3) is 5.91 Å². The van der Waals surface area contributed by atoms with Gasteiger partial charge in [0.1, 0.15) is 23.0 Å². The van der Waals surface area contributed by atoms with E-state index in [1.54, 1.807) is 23.1 Å². The van der Waals surface area contributed by atoms with E-state index in [-0.39, 0.29) is 30.5 Å². The lowest BCUT2D eigenvalue weighted by atomic mass is 9.78. The summed E-state index contributed by atoms with van der Waals surface area (Å²) in [6.45, 7) is 1.46. The molecule has 2 aliphatic carbocycles. The lowest BCUT2D eigenvalue weighted by Crippen LogP contribution is -2.65. The first-order valence-corrected chi connectivity index (χ1v) is 13.7. The molecule has 0 aromatic heterocycles. The molecule has 1 N–H and O–H groups in total. The second kappa shape index (κ2) is 11.1. The predicted octanol–water partition coefficient (Wildman–Crippen LogP) is 5.03. The molecule has 2 aromatic carbocycles. The highest BCUT2D eigenvalue weighted by atomic mass is 79.9. The van der Waals surface area contributed by atoms with Gasteiger partial charge >= 0.3 is 0 Å². The third kappa shape index (κ3) is 6.14. The average molecular weight is 577 g/mol. The van der Waals surface area contributed by atoms with Crippen molar-refractivity contribution in [3.8, 4) is 5.75 Å². The highest BCUT2D eigenvalue weighted by Gasteiger charge is 2.47. The predicted molar refractivity (Wildman–Crippen MR) is 137 cm³/mol. The molecule has 6 nitrogen and oxygen atoms in total. The summed E-state index contributed by atoms with van der Waals surface area (Å²) in [6, 6.07) is 8.69. The number of ether oxygens (including phenoxy) is 2. The van der Waals surface area contributed by atoms with Crippen molar-refractivity contribution >= 4 is 27.7 Å². The summed E-state index contributed by atoms with van der Waals surface area (Å²) in [5.41, 5.74) is -0.450. The second-order valence-electron chi connectivity index (χ2n) is 10.3. The molecular formula is C28H31BrF2N2O4. The maximum atomic E-state index is 14.9. The number of hydrogen-bond donors (Lipinski definition) is 1. The minimum absolute atomic E-state index is 0.00192. The second-order valence-corrected chi connectivity index (χ2v) is 11.2. The Morgan fingerprint density at radius 1 is 1.11 bits per heavy atom. The smallest absolute Gasteiger partial charge is 0.257 e. The number of amides is 2. The summed E-state index contributed by atoms with van der Waals surface area (Å²) in [6.07, 6.45) is 5.36. The number of carbonyl (C=O) groups excluding carboxylic acids is 2. The third-order valence-electron chi connectivity index (χ3n) is 7.53. The summed E-state index contributed by atoms with van der Waals surface area (Å²) >= 11 is 3.23. The molecule has 37 heavy (non-hydrogen) atoms. The molecule has 1 saturated heterocycles. The van der Waals surface area contributed by atoms with E-state index >= 15 is 0 Å². The monoisotopic (exact) mass is 576 g/mol. The van der Waals surface area contributed by atoms with Crippen LogP contribution in [0.2, 0.25) is 0 Å². The number of morpholine rings is 1. The fraction of sp³-hybridized carbons (Fsp3) is 0.500. The van der Waals surface area contributed by atoms with E-state index in [2.05, 4.69) is 21.2 Å². The van der Waals surface area contributed by atoms with Crippen LogP contribution in [0.3, 0.4) is 0 Å². The van der Waals surface area contributed by atoms with Crippen LogP contribution in [0.15, 0.2) is 40.9 Å². The first-order chi connectivity index (χ1) is 17.8. The van der Waals surface area contributed by atoms with Gasteiger partial charge in [0.2, 0.25) is 5.91 Å². The van der Waals surface area contributed by atoms with Gasteiger partial charge < -0.3 is 19.7 Å². The summed E-state index contributed by atoms with van der Waals surface area (Å²) in [5.74, 6) is -0.777. The van der Waals surface area contributed by atoms with E-state index in [4.69, 9.17) is 9.47 Å². The minimum atomic E-state index is -0.760. The minimum Gasteiger partial charge on any atom is -0.493 e. The van der Waals surface area contributed by atoms with Crippen LogP contribution in [0.5, 0.6) is 5.75 Å². The summed E-state index contributed by atoms with van der Waals surface area (Å²) in [5, 5.41) is 3.05. The first kappa shape index (κ1) is 26.1. The van der Waals surface area contributed by atoms with Gasteiger partial charge in [-0.25, -0.2) is 8.78 Å². The zero-order valence-corrected chi connectivity index (χ0v) is 22.2. The molecule has 2 atom stereocenters. The topological polar surface area (TPSA) is 67.9 Å². The number of nitrogens with one attached hydrogen (secondary N) is 1. The number of benzene rings is 2. The van der Waals surface area contributed by atoms with Crippen LogP contribution in [0, 0.1) is 17.6 Å². The van der Waals surface area contributed by atoms with Crippen molar-refractivity contribution in [2.75, 3.05) is 26.3 Å². The van der Waals surface area contributed by atoms with Crippen molar-refractivity contribution in [1.29, 1.82) is 0 Å². The summed E-state index contributed by atoms with van der Waals surface area (Å²) in [7, 11) is 0. The average Bonchev–Trinajstić information content (AvgIpc) is 3.71. The molecule has 198 valence electrons. The lowest BCUT2D eigenvalue weighted by molar-refractivity contribution is -0.144. The van der Waals surface area contributed by atoms with Crippen LogP contribution in [0.25, 0.3) is 0 Å². The number of nitrogens with zero attached hydrogens (tertiary/aromatic N) is 1. The molecule has 2 aromatic rings. The van der Waals surface area contributed by atoms with Crippen LogP contribution in [0.1, 0.15) is 54.4 Å². The Labute approximate surface area is 223 Å². The Morgan fingerprint density at radius 3 is 2.70 bits per heavy atom. The molecule has 9 heteroatoms. The van der Waals surface area contributed by atoms with E-state index in [9.17, 15) is 18.4 Å².